The summed E-state index contributed by atoms with van der Waals surface area (Å²) in [6.07, 6.45) is -0.609. The molecular formula is C9H17NO5. The van der Waals surface area contributed by atoms with E-state index >= 15 is 0 Å². The summed E-state index contributed by atoms with van der Waals surface area (Å²) < 4.78 is 9.85. The molecule has 0 radical (unpaired) electrons. The van der Waals surface area contributed by atoms with Gasteiger partial charge in [0.1, 0.15) is 0 Å². The van der Waals surface area contributed by atoms with Crippen molar-refractivity contribution < 1.29 is 24.2 Å². The number of hydrogen-bond acceptors (Lipinski definition) is 4. The number of ether oxygens (including phenoxy) is 2. The van der Waals surface area contributed by atoms with Crippen molar-refractivity contribution in [1.82, 2.24) is 4.90 Å². The minimum Gasteiger partial charge on any atom is -0.481 e. The Balaban J connectivity index is 4.14. The van der Waals surface area contributed by atoms with Crippen molar-refractivity contribution >= 4 is 11.9 Å². The van der Waals surface area contributed by atoms with E-state index in [4.69, 9.17) is 14.6 Å². The van der Waals surface area contributed by atoms with Gasteiger partial charge >= 0.3 is 5.97 Å². The maximum absolute atomic E-state index is 11.1. The zero-order chi connectivity index (χ0) is 11.8. The van der Waals surface area contributed by atoms with Crippen LogP contribution in [-0.4, -0.2) is 55.5 Å². The van der Waals surface area contributed by atoms with Gasteiger partial charge in [-0.25, -0.2) is 0 Å². The van der Waals surface area contributed by atoms with E-state index in [0.29, 0.717) is 0 Å². The minimum atomic E-state index is -0.937. The lowest BCUT2D eigenvalue weighted by molar-refractivity contribution is -0.146. The van der Waals surface area contributed by atoms with Crippen LogP contribution in [-0.2, 0) is 19.1 Å². The summed E-state index contributed by atoms with van der Waals surface area (Å²) in [4.78, 5) is 22.9. The van der Waals surface area contributed by atoms with E-state index in [1.54, 1.807) is 0 Å². The highest BCUT2D eigenvalue weighted by Gasteiger charge is 2.16. The normalized spacial score (nSPS) is 10.4. The van der Waals surface area contributed by atoms with Crippen molar-refractivity contribution in [2.75, 3.05) is 27.3 Å². The van der Waals surface area contributed by atoms with Crippen LogP contribution in [0.5, 0.6) is 0 Å². The van der Waals surface area contributed by atoms with Gasteiger partial charge in [-0.1, -0.05) is 0 Å². The number of rotatable bonds is 7. The van der Waals surface area contributed by atoms with Crippen LogP contribution in [0.25, 0.3) is 0 Å². The number of carboxylic acids is 1. The maximum atomic E-state index is 11.1. The quantitative estimate of drug-likeness (QED) is 0.606. The molecule has 0 spiro atoms. The molecule has 15 heavy (non-hydrogen) atoms. The van der Waals surface area contributed by atoms with Gasteiger partial charge in [0.15, 0.2) is 6.29 Å². The second kappa shape index (κ2) is 7.19. The van der Waals surface area contributed by atoms with Crippen molar-refractivity contribution in [3.8, 4) is 0 Å². The average molecular weight is 219 g/mol. The van der Waals surface area contributed by atoms with Gasteiger partial charge in [-0.05, 0) is 0 Å². The number of nitrogens with zero attached hydrogens (tertiary/aromatic N) is 1. The summed E-state index contributed by atoms with van der Waals surface area (Å²) in [5.41, 5.74) is 0. The Kier molecular flexibility index (Phi) is 6.64. The molecule has 0 aliphatic rings. The lowest BCUT2D eigenvalue weighted by Crippen LogP contribution is -2.38. The third-order valence-electron chi connectivity index (χ3n) is 1.94. The molecule has 1 N–H and O–H groups in total. The molecule has 0 aromatic rings. The first-order valence-corrected chi connectivity index (χ1v) is 4.54. The van der Waals surface area contributed by atoms with Gasteiger partial charge in [0.2, 0.25) is 5.91 Å². The van der Waals surface area contributed by atoms with E-state index < -0.39 is 12.3 Å². The van der Waals surface area contributed by atoms with Gasteiger partial charge in [0.05, 0.1) is 13.0 Å². The van der Waals surface area contributed by atoms with Crippen molar-refractivity contribution in [1.29, 1.82) is 0 Å². The molecule has 6 nitrogen and oxygen atoms in total. The molecular weight excluding hydrogens is 202 g/mol. The lowest BCUT2D eigenvalue weighted by atomic mass is 10.3. The fourth-order valence-corrected chi connectivity index (χ4v) is 1.03. The number of carbonyl (C=O) groups is 2. The third-order valence-corrected chi connectivity index (χ3v) is 1.94. The molecule has 0 unspecified atom stereocenters. The van der Waals surface area contributed by atoms with E-state index in [1.807, 2.05) is 0 Å². The Labute approximate surface area is 88.8 Å². The maximum Gasteiger partial charge on any atom is 0.305 e. The van der Waals surface area contributed by atoms with E-state index in [0.717, 1.165) is 0 Å². The standard InChI is InChI=1S/C9H17NO5/c1-7(11)10(5-4-8(12)13)6-9(14-2)15-3/h9H,4-6H2,1-3H3,(H,12,13). The summed E-state index contributed by atoms with van der Waals surface area (Å²) in [6.45, 7) is 1.77. The zero-order valence-corrected chi connectivity index (χ0v) is 9.23. The number of hydrogen-bond donors (Lipinski definition) is 1. The average Bonchev–Trinajstić information content (AvgIpc) is 2.17. The van der Waals surface area contributed by atoms with Gasteiger partial charge in [-0.15, -0.1) is 0 Å². The van der Waals surface area contributed by atoms with E-state index in [9.17, 15) is 9.59 Å². The Morgan fingerprint density at radius 2 is 1.87 bits per heavy atom. The fourth-order valence-electron chi connectivity index (χ4n) is 1.03. The number of carbonyl (C=O) groups excluding carboxylic acids is 1. The molecule has 0 aromatic heterocycles. The first-order valence-electron chi connectivity index (χ1n) is 4.54. The van der Waals surface area contributed by atoms with Gasteiger partial charge in [-0.3, -0.25) is 9.59 Å². The molecule has 0 saturated heterocycles. The molecule has 0 aliphatic carbocycles. The van der Waals surface area contributed by atoms with E-state index in [1.165, 1.54) is 26.0 Å². The minimum absolute atomic E-state index is 0.0836. The molecule has 0 fully saturated rings. The van der Waals surface area contributed by atoms with Crippen LogP contribution >= 0.6 is 0 Å². The number of carboxylic acid groups (broad SMARTS) is 1. The van der Waals surface area contributed by atoms with Gasteiger partial charge in [-0.2, -0.15) is 0 Å². The first-order chi connectivity index (χ1) is 7.01. The van der Waals surface area contributed by atoms with Crippen LogP contribution in [0.2, 0.25) is 0 Å². The zero-order valence-electron chi connectivity index (χ0n) is 9.23. The number of methoxy groups -OCH3 is 2. The predicted octanol–water partition coefficient (Wildman–Crippen LogP) is -0.0715. The topological polar surface area (TPSA) is 76.1 Å². The molecule has 0 aromatic carbocycles. The summed E-state index contributed by atoms with van der Waals surface area (Å²) in [5, 5.41) is 8.49. The molecule has 0 heterocycles. The fraction of sp³-hybridized carbons (Fsp3) is 0.778. The SMILES string of the molecule is COC(CN(CCC(=O)O)C(C)=O)OC. The van der Waals surface area contributed by atoms with Gasteiger partial charge in [0, 0.05) is 27.7 Å². The molecule has 0 rings (SSSR count). The molecule has 0 aliphatic heterocycles. The Morgan fingerprint density at radius 1 is 1.33 bits per heavy atom. The predicted molar refractivity (Wildman–Crippen MR) is 52.3 cm³/mol. The van der Waals surface area contributed by atoms with Crippen molar-refractivity contribution in [3.63, 3.8) is 0 Å². The Bertz CT molecular complexity index is 215. The highest BCUT2D eigenvalue weighted by atomic mass is 16.7. The molecule has 0 atom stereocenters. The summed E-state index contributed by atoms with van der Waals surface area (Å²) >= 11 is 0. The molecule has 0 saturated carbocycles. The van der Waals surface area contributed by atoms with Crippen LogP contribution in [0.15, 0.2) is 0 Å². The molecule has 88 valence electrons. The smallest absolute Gasteiger partial charge is 0.305 e. The monoisotopic (exact) mass is 219 g/mol. The van der Waals surface area contributed by atoms with E-state index in [-0.39, 0.29) is 25.4 Å². The van der Waals surface area contributed by atoms with Gasteiger partial charge < -0.3 is 19.5 Å². The van der Waals surface area contributed by atoms with E-state index in [2.05, 4.69) is 0 Å². The second-order valence-electron chi connectivity index (χ2n) is 3.01. The Morgan fingerprint density at radius 3 is 2.20 bits per heavy atom. The summed E-state index contributed by atoms with van der Waals surface area (Å²) in [6, 6.07) is 0. The van der Waals surface area contributed by atoms with Crippen LogP contribution in [0.3, 0.4) is 0 Å². The second-order valence-corrected chi connectivity index (χ2v) is 3.01. The number of amides is 1. The van der Waals surface area contributed by atoms with Crippen molar-refractivity contribution in [2.45, 2.75) is 19.6 Å². The highest BCUT2D eigenvalue weighted by Crippen LogP contribution is 1.99. The van der Waals surface area contributed by atoms with Crippen LogP contribution < -0.4 is 0 Å². The summed E-state index contributed by atoms with van der Waals surface area (Å²) in [5.74, 6) is -1.14. The Hall–Kier alpha value is -1.14. The van der Waals surface area contributed by atoms with Crippen LogP contribution in [0.1, 0.15) is 13.3 Å². The van der Waals surface area contributed by atoms with Crippen molar-refractivity contribution in [2.24, 2.45) is 0 Å². The lowest BCUT2D eigenvalue weighted by Gasteiger charge is -2.24. The van der Waals surface area contributed by atoms with Crippen molar-refractivity contribution in [3.05, 3.63) is 0 Å². The molecule has 6 heteroatoms. The largest absolute Gasteiger partial charge is 0.481 e. The summed E-state index contributed by atoms with van der Waals surface area (Å²) in [7, 11) is 2.92. The molecule has 1 amide bonds. The third kappa shape index (κ3) is 6.03. The first kappa shape index (κ1) is 13.9. The van der Waals surface area contributed by atoms with Crippen LogP contribution in [0, 0.1) is 0 Å². The molecule has 0 bridgehead atoms. The highest BCUT2D eigenvalue weighted by molar-refractivity contribution is 5.74. The van der Waals surface area contributed by atoms with Gasteiger partial charge in [0.25, 0.3) is 0 Å². The number of aliphatic carboxylic acids is 1. The van der Waals surface area contributed by atoms with Crippen LogP contribution in [0.4, 0.5) is 0 Å².